The first-order chi connectivity index (χ1) is 8.29. The van der Waals surface area contributed by atoms with Gasteiger partial charge in [0.05, 0.1) is 6.10 Å². The lowest BCUT2D eigenvalue weighted by Crippen LogP contribution is -2.48. The van der Waals surface area contributed by atoms with Crippen LogP contribution in [0, 0.1) is 0 Å². The van der Waals surface area contributed by atoms with Crippen LogP contribution in [0.2, 0.25) is 0 Å². The summed E-state index contributed by atoms with van der Waals surface area (Å²) in [5.74, 6) is -1.43. The lowest BCUT2D eigenvalue weighted by molar-refractivity contribution is -0.140. The number of aliphatic hydroxyl groups excluding tert-OH is 1. The summed E-state index contributed by atoms with van der Waals surface area (Å²) in [5, 5.41) is 18.3. The van der Waals surface area contributed by atoms with Crippen LogP contribution >= 0.6 is 11.3 Å². The van der Waals surface area contributed by atoms with Crippen molar-refractivity contribution in [1.29, 1.82) is 0 Å². The van der Waals surface area contributed by atoms with Crippen LogP contribution in [-0.4, -0.2) is 29.0 Å². The largest absolute Gasteiger partial charge is 0.387 e. The number of hydrogen-bond donors (Lipinski definition) is 3. The second-order valence-electron chi connectivity index (χ2n) is 4.99. The molecular weight excluding hydrogens is 252 g/mol. The quantitative estimate of drug-likeness (QED) is 0.711. The summed E-state index contributed by atoms with van der Waals surface area (Å²) < 4.78 is 0. The minimum absolute atomic E-state index is 0.0210. The second kappa shape index (κ2) is 5.97. The van der Waals surface area contributed by atoms with E-state index in [4.69, 9.17) is 0 Å². The van der Waals surface area contributed by atoms with Crippen molar-refractivity contribution in [3.8, 4) is 0 Å². The molecule has 5 nitrogen and oxygen atoms in total. The van der Waals surface area contributed by atoms with Gasteiger partial charge < -0.3 is 15.7 Å². The average molecular weight is 270 g/mol. The Labute approximate surface area is 110 Å². The van der Waals surface area contributed by atoms with Gasteiger partial charge in [-0.2, -0.15) is 11.3 Å². The Morgan fingerprint density at radius 3 is 2.56 bits per heavy atom. The molecule has 0 radical (unpaired) electrons. The third-order valence-electron chi connectivity index (χ3n) is 2.08. The molecule has 2 amide bonds. The molecule has 1 rings (SSSR count). The molecule has 0 aliphatic heterocycles. The normalized spacial score (nSPS) is 12.9. The van der Waals surface area contributed by atoms with E-state index in [0.717, 1.165) is 5.56 Å². The fraction of sp³-hybridized carbons (Fsp3) is 0.500. The molecule has 1 heterocycles. The lowest BCUT2D eigenvalue weighted by atomic mass is 10.1. The Bertz CT molecular complexity index is 409. The summed E-state index contributed by atoms with van der Waals surface area (Å²) in [4.78, 5) is 22.9. The molecule has 3 N–H and O–H groups in total. The van der Waals surface area contributed by atoms with Crippen LogP contribution in [0.3, 0.4) is 0 Å². The monoisotopic (exact) mass is 270 g/mol. The topological polar surface area (TPSA) is 78.4 Å². The summed E-state index contributed by atoms with van der Waals surface area (Å²) in [6.07, 6.45) is -0.789. The minimum Gasteiger partial charge on any atom is -0.387 e. The van der Waals surface area contributed by atoms with Crippen molar-refractivity contribution in [2.24, 2.45) is 0 Å². The van der Waals surface area contributed by atoms with E-state index >= 15 is 0 Å². The van der Waals surface area contributed by atoms with E-state index in [-0.39, 0.29) is 6.54 Å². The van der Waals surface area contributed by atoms with Crippen molar-refractivity contribution < 1.29 is 14.7 Å². The van der Waals surface area contributed by atoms with Gasteiger partial charge in [0, 0.05) is 12.1 Å². The summed E-state index contributed by atoms with van der Waals surface area (Å²) in [7, 11) is 0. The molecule has 0 saturated carbocycles. The van der Waals surface area contributed by atoms with Crippen LogP contribution in [0.15, 0.2) is 16.8 Å². The number of carbonyl (C=O) groups is 2. The highest BCUT2D eigenvalue weighted by Gasteiger charge is 2.20. The fourth-order valence-electron chi connectivity index (χ4n) is 1.25. The zero-order valence-electron chi connectivity index (χ0n) is 10.7. The minimum atomic E-state index is -0.789. The van der Waals surface area contributed by atoms with Crippen LogP contribution in [0.25, 0.3) is 0 Å². The maximum atomic E-state index is 11.5. The Kier molecular flexibility index (Phi) is 4.86. The molecule has 0 saturated heterocycles. The first-order valence-corrected chi connectivity index (χ1v) is 6.54. The van der Waals surface area contributed by atoms with E-state index in [9.17, 15) is 14.7 Å². The lowest BCUT2D eigenvalue weighted by Gasteiger charge is -2.20. The molecular formula is C12H18N2O3S. The molecule has 0 aliphatic carbocycles. The third kappa shape index (κ3) is 4.85. The van der Waals surface area contributed by atoms with Crippen LogP contribution in [0.5, 0.6) is 0 Å². The first-order valence-electron chi connectivity index (χ1n) is 5.60. The van der Waals surface area contributed by atoms with Gasteiger partial charge in [-0.15, -0.1) is 0 Å². The number of nitrogens with one attached hydrogen (secondary N) is 2. The zero-order chi connectivity index (χ0) is 13.8. The molecule has 18 heavy (non-hydrogen) atoms. The number of amides is 2. The van der Waals surface area contributed by atoms with Crippen LogP contribution < -0.4 is 10.6 Å². The van der Waals surface area contributed by atoms with E-state index in [2.05, 4.69) is 10.6 Å². The van der Waals surface area contributed by atoms with Gasteiger partial charge >= 0.3 is 11.8 Å². The Morgan fingerprint density at radius 1 is 1.39 bits per heavy atom. The number of thiophene rings is 1. The number of rotatable bonds is 3. The summed E-state index contributed by atoms with van der Waals surface area (Å²) in [6.45, 7) is 5.39. The van der Waals surface area contributed by atoms with Gasteiger partial charge in [0.15, 0.2) is 0 Å². The molecule has 6 heteroatoms. The predicted octanol–water partition coefficient (Wildman–Crippen LogP) is 0.812. The molecule has 100 valence electrons. The fourth-order valence-corrected chi connectivity index (χ4v) is 1.96. The van der Waals surface area contributed by atoms with Gasteiger partial charge in [-0.1, -0.05) is 0 Å². The van der Waals surface area contributed by atoms with Gasteiger partial charge in [0.25, 0.3) is 0 Å². The van der Waals surface area contributed by atoms with Crippen molar-refractivity contribution in [3.63, 3.8) is 0 Å². The second-order valence-corrected chi connectivity index (χ2v) is 5.77. The number of carbonyl (C=O) groups excluding carboxylic acids is 2. The highest BCUT2D eigenvalue weighted by molar-refractivity contribution is 7.07. The van der Waals surface area contributed by atoms with Crippen LogP contribution in [0.1, 0.15) is 32.4 Å². The highest BCUT2D eigenvalue weighted by Crippen LogP contribution is 2.14. The molecule has 0 spiro atoms. The van der Waals surface area contributed by atoms with Gasteiger partial charge in [-0.05, 0) is 43.2 Å². The molecule has 0 aliphatic rings. The summed E-state index contributed by atoms with van der Waals surface area (Å²) in [5.41, 5.74) is 0.275. The SMILES string of the molecule is CC(C)(C)NC(=O)C(=O)NCC(O)c1ccsc1. The third-order valence-corrected chi connectivity index (χ3v) is 2.78. The van der Waals surface area contributed by atoms with Crippen molar-refractivity contribution in [2.75, 3.05) is 6.54 Å². The maximum Gasteiger partial charge on any atom is 0.309 e. The van der Waals surface area contributed by atoms with E-state index in [1.165, 1.54) is 11.3 Å². The van der Waals surface area contributed by atoms with Crippen LogP contribution in [-0.2, 0) is 9.59 Å². The number of aliphatic hydroxyl groups is 1. The van der Waals surface area contributed by atoms with Crippen molar-refractivity contribution in [2.45, 2.75) is 32.4 Å². The van der Waals surface area contributed by atoms with E-state index in [0.29, 0.717) is 0 Å². The smallest absolute Gasteiger partial charge is 0.309 e. The van der Waals surface area contributed by atoms with Crippen molar-refractivity contribution in [3.05, 3.63) is 22.4 Å². The van der Waals surface area contributed by atoms with E-state index in [1.54, 1.807) is 32.2 Å². The van der Waals surface area contributed by atoms with E-state index < -0.39 is 23.5 Å². The maximum absolute atomic E-state index is 11.5. The van der Waals surface area contributed by atoms with Crippen molar-refractivity contribution in [1.82, 2.24) is 10.6 Å². The molecule has 1 atom stereocenters. The summed E-state index contributed by atoms with van der Waals surface area (Å²) in [6, 6.07) is 1.77. The van der Waals surface area contributed by atoms with E-state index in [1.807, 2.05) is 5.38 Å². The Balaban J connectivity index is 2.39. The standard InChI is InChI=1S/C12H18N2O3S/c1-12(2,3)14-11(17)10(16)13-6-9(15)8-4-5-18-7-8/h4-5,7,9,15H,6H2,1-3H3,(H,13,16)(H,14,17). The highest BCUT2D eigenvalue weighted by atomic mass is 32.1. The average Bonchev–Trinajstić information content (AvgIpc) is 2.76. The molecule has 0 aromatic carbocycles. The number of hydrogen-bond acceptors (Lipinski definition) is 4. The Morgan fingerprint density at radius 2 is 2.06 bits per heavy atom. The molecule has 1 unspecified atom stereocenters. The van der Waals surface area contributed by atoms with Crippen molar-refractivity contribution >= 4 is 23.2 Å². The zero-order valence-corrected chi connectivity index (χ0v) is 11.5. The predicted molar refractivity (Wildman–Crippen MR) is 70.2 cm³/mol. The van der Waals surface area contributed by atoms with Gasteiger partial charge in [-0.25, -0.2) is 0 Å². The molecule has 0 bridgehead atoms. The Hall–Kier alpha value is -1.40. The van der Waals surface area contributed by atoms with Gasteiger partial charge in [-0.3, -0.25) is 9.59 Å². The molecule has 1 aromatic rings. The first kappa shape index (κ1) is 14.7. The van der Waals surface area contributed by atoms with Crippen LogP contribution in [0.4, 0.5) is 0 Å². The molecule has 0 fully saturated rings. The molecule has 1 aromatic heterocycles. The van der Waals surface area contributed by atoms with Gasteiger partial charge in [0.2, 0.25) is 0 Å². The van der Waals surface area contributed by atoms with Gasteiger partial charge in [0.1, 0.15) is 0 Å². The summed E-state index contributed by atoms with van der Waals surface area (Å²) >= 11 is 1.46.